The number of anilines is 1. The number of allylic oxidation sites excluding steroid dienone is 1. The summed E-state index contributed by atoms with van der Waals surface area (Å²) in [5, 5.41) is 0. The SMILES string of the molecule is CN1c2ccccc2C2=C(C(=O)CCS2)S1(=O)=O. The number of sulfonamides is 1. The minimum atomic E-state index is -3.68. The number of para-hydroxylation sites is 1. The van der Waals surface area contributed by atoms with Gasteiger partial charge in [0, 0.05) is 29.7 Å². The lowest BCUT2D eigenvalue weighted by molar-refractivity contribution is -0.114. The number of hydrogen-bond donors (Lipinski definition) is 0. The molecule has 0 atom stereocenters. The highest BCUT2D eigenvalue weighted by molar-refractivity contribution is 8.10. The zero-order valence-corrected chi connectivity index (χ0v) is 11.3. The maximum atomic E-state index is 12.4. The summed E-state index contributed by atoms with van der Waals surface area (Å²) in [4.78, 5) is 12.5. The molecule has 0 saturated carbocycles. The molecule has 4 nitrogen and oxygen atoms in total. The number of nitrogens with zero attached hydrogens (tertiary/aromatic N) is 1. The molecular formula is C12H11NO3S2. The molecule has 1 aromatic carbocycles. The Hall–Kier alpha value is -1.27. The second-order valence-corrected chi connectivity index (χ2v) is 7.18. The van der Waals surface area contributed by atoms with E-state index >= 15 is 0 Å². The van der Waals surface area contributed by atoms with Gasteiger partial charge < -0.3 is 0 Å². The highest BCUT2D eigenvalue weighted by Crippen LogP contribution is 2.46. The van der Waals surface area contributed by atoms with E-state index in [0.717, 1.165) is 5.56 Å². The van der Waals surface area contributed by atoms with Crippen LogP contribution in [0.1, 0.15) is 12.0 Å². The predicted octanol–water partition coefficient (Wildman–Crippen LogP) is 1.84. The Morgan fingerprint density at radius 3 is 2.78 bits per heavy atom. The molecule has 0 N–H and O–H groups in total. The molecule has 3 rings (SSSR count). The number of thioether (sulfide) groups is 1. The molecule has 0 aliphatic carbocycles. The number of Topliss-reactive ketones (excluding diaryl/α,β-unsaturated/α-hetero) is 1. The zero-order chi connectivity index (χ0) is 12.9. The number of ketones is 1. The maximum Gasteiger partial charge on any atom is 0.268 e. The molecule has 2 heterocycles. The van der Waals surface area contributed by atoms with Gasteiger partial charge in [-0.1, -0.05) is 18.2 Å². The van der Waals surface area contributed by atoms with Crippen LogP contribution in [0.15, 0.2) is 29.2 Å². The quantitative estimate of drug-likeness (QED) is 0.728. The van der Waals surface area contributed by atoms with Crippen molar-refractivity contribution in [3.63, 3.8) is 0 Å². The third kappa shape index (κ3) is 1.45. The molecule has 2 aliphatic rings. The fourth-order valence-electron chi connectivity index (χ4n) is 2.22. The molecule has 2 aliphatic heterocycles. The minimum absolute atomic E-state index is 0.0278. The third-order valence-electron chi connectivity index (χ3n) is 3.14. The number of fused-ring (bicyclic) bond motifs is 2. The topological polar surface area (TPSA) is 54.5 Å². The third-order valence-corrected chi connectivity index (χ3v) is 6.26. The van der Waals surface area contributed by atoms with Crippen LogP contribution in [0.4, 0.5) is 5.69 Å². The largest absolute Gasteiger partial charge is 0.293 e. The van der Waals surface area contributed by atoms with Crippen LogP contribution in [0, 0.1) is 0 Å². The van der Waals surface area contributed by atoms with Crippen LogP contribution in [0.25, 0.3) is 4.91 Å². The Bertz CT molecular complexity index is 676. The van der Waals surface area contributed by atoms with Gasteiger partial charge in [-0.2, -0.15) is 0 Å². The summed E-state index contributed by atoms with van der Waals surface area (Å²) in [6.45, 7) is 0. The molecule has 0 spiro atoms. The van der Waals surface area contributed by atoms with Gasteiger partial charge >= 0.3 is 0 Å². The summed E-state index contributed by atoms with van der Waals surface area (Å²) in [5.74, 6) is 0.371. The molecule has 94 valence electrons. The summed E-state index contributed by atoms with van der Waals surface area (Å²) >= 11 is 1.45. The average Bonchev–Trinajstić information content (AvgIpc) is 2.36. The average molecular weight is 281 g/mol. The van der Waals surface area contributed by atoms with E-state index in [1.165, 1.54) is 23.1 Å². The van der Waals surface area contributed by atoms with Crippen molar-refractivity contribution in [3.05, 3.63) is 34.7 Å². The Kier molecular flexibility index (Phi) is 2.53. The van der Waals surface area contributed by atoms with Crippen LogP contribution in [-0.4, -0.2) is 27.0 Å². The monoisotopic (exact) mass is 281 g/mol. The van der Waals surface area contributed by atoms with Crippen molar-refractivity contribution >= 4 is 38.2 Å². The van der Waals surface area contributed by atoms with Gasteiger partial charge in [-0.05, 0) is 6.07 Å². The molecule has 0 bridgehead atoms. The van der Waals surface area contributed by atoms with E-state index in [-0.39, 0.29) is 10.7 Å². The van der Waals surface area contributed by atoms with Crippen molar-refractivity contribution < 1.29 is 13.2 Å². The zero-order valence-electron chi connectivity index (χ0n) is 9.71. The summed E-state index contributed by atoms with van der Waals surface area (Å²) in [6.07, 6.45) is 0.290. The fourth-order valence-corrected chi connectivity index (χ4v) is 5.20. The van der Waals surface area contributed by atoms with E-state index in [2.05, 4.69) is 0 Å². The van der Waals surface area contributed by atoms with Gasteiger partial charge in [-0.3, -0.25) is 9.10 Å². The van der Waals surface area contributed by atoms with Crippen molar-refractivity contribution in [3.8, 4) is 0 Å². The first-order valence-corrected chi connectivity index (χ1v) is 7.94. The van der Waals surface area contributed by atoms with Crippen molar-refractivity contribution in [2.24, 2.45) is 0 Å². The summed E-state index contributed by atoms with van der Waals surface area (Å²) in [6, 6.07) is 7.28. The Labute approximate surface area is 110 Å². The second-order valence-electron chi connectivity index (χ2n) is 4.17. The number of rotatable bonds is 0. The van der Waals surface area contributed by atoms with Crippen molar-refractivity contribution in [2.45, 2.75) is 6.42 Å². The van der Waals surface area contributed by atoms with E-state index < -0.39 is 10.0 Å². The van der Waals surface area contributed by atoms with E-state index in [1.807, 2.05) is 12.1 Å². The molecule has 0 fully saturated rings. The molecule has 0 amide bonds. The van der Waals surface area contributed by atoms with E-state index in [0.29, 0.717) is 22.8 Å². The van der Waals surface area contributed by atoms with Crippen molar-refractivity contribution in [1.82, 2.24) is 0 Å². The van der Waals surface area contributed by atoms with Crippen LogP contribution in [0.5, 0.6) is 0 Å². The molecule has 6 heteroatoms. The van der Waals surface area contributed by atoms with Crippen LogP contribution < -0.4 is 4.31 Å². The van der Waals surface area contributed by atoms with Gasteiger partial charge in [0.15, 0.2) is 5.78 Å². The van der Waals surface area contributed by atoms with Gasteiger partial charge in [0.25, 0.3) is 10.0 Å². The van der Waals surface area contributed by atoms with E-state index in [1.54, 1.807) is 12.1 Å². The fraction of sp³-hybridized carbons (Fsp3) is 0.250. The van der Waals surface area contributed by atoms with Crippen molar-refractivity contribution in [1.29, 1.82) is 0 Å². The molecule has 0 aromatic heterocycles. The van der Waals surface area contributed by atoms with Crippen LogP contribution in [0.3, 0.4) is 0 Å². The first-order valence-electron chi connectivity index (χ1n) is 5.52. The normalized spacial score (nSPS) is 21.6. The lowest BCUT2D eigenvalue weighted by Gasteiger charge is -2.31. The highest BCUT2D eigenvalue weighted by atomic mass is 32.2. The number of hydrogen-bond acceptors (Lipinski definition) is 4. The maximum absolute atomic E-state index is 12.4. The summed E-state index contributed by atoms with van der Waals surface area (Å²) in [5.41, 5.74) is 1.47. The minimum Gasteiger partial charge on any atom is -0.293 e. The first-order chi connectivity index (χ1) is 8.53. The van der Waals surface area contributed by atoms with Gasteiger partial charge in [0.1, 0.15) is 4.91 Å². The highest BCUT2D eigenvalue weighted by Gasteiger charge is 2.40. The van der Waals surface area contributed by atoms with E-state index in [4.69, 9.17) is 0 Å². The smallest absolute Gasteiger partial charge is 0.268 e. The number of carbonyl (C=O) groups is 1. The van der Waals surface area contributed by atoms with Crippen LogP contribution in [0.2, 0.25) is 0 Å². The molecule has 0 unspecified atom stereocenters. The number of carbonyl (C=O) groups excluding carboxylic acids is 1. The van der Waals surface area contributed by atoms with Crippen molar-refractivity contribution in [2.75, 3.05) is 17.1 Å². The molecule has 18 heavy (non-hydrogen) atoms. The molecular weight excluding hydrogens is 270 g/mol. The van der Waals surface area contributed by atoms with E-state index in [9.17, 15) is 13.2 Å². The Balaban J connectivity index is 2.39. The summed E-state index contributed by atoms with van der Waals surface area (Å²) < 4.78 is 25.9. The lowest BCUT2D eigenvalue weighted by atomic mass is 10.1. The second kappa shape index (κ2) is 3.86. The molecule has 0 saturated heterocycles. The molecule has 1 aromatic rings. The molecule has 0 radical (unpaired) electrons. The lowest BCUT2D eigenvalue weighted by Crippen LogP contribution is -2.36. The standard InChI is InChI=1S/C12H11NO3S2/c1-13-9-5-3-2-4-8(9)11-12(18(13,15)16)10(14)6-7-17-11/h2-5H,6-7H2,1H3. The van der Waals surface area contributed by atoms with Gasteiger partial charge in [-0.15, -0.1) is 11.8 Å². The van der Waals surface area contributed by atoms with Gasteiger partial charge in [0.05, 0.1) is 5.69 Å². The van der Waals surface area contributed by atoms with Crippen LogP contribution >= 0.6 is 11.8 Å². The Morgan fingerprint density at radius 1 is 1.28 bits per heavy atom. The predicted molar refractivity (Wildman–Crippen MR) is 72.8 cm³/mol. The Morgan fingerprint density at radius 2 is 2.00 bits per heavy atom. The van der Waals surface area contributed by atoms with Crippen LogP contribution in [-0.2, 0) is 14.8 Å². The summed E-state index contributed by atoms with van der Waals surface area (Å²) in [7, 11) is -2.19. The van der Waals surface area contributed by atoms with Gasteiger partial charge in [0.2, 0.25) is 0 Å². The number of benzene rings is 1. The van der Waals surface area contributed by atoms with Gasteiger partial charge in [-0.25, -0.2) is 8.42 Å². The first kappa shape index (κ1) is 11.8.